The van der Waals surface area contributed by atoms with Crippen molar-refractivity contribution < 1.29 is 18.7 Å². The molecule has 0 bridgehead atoms. The Morgan fingerprint density at radius 2 is 1.84 bits per heavy atom. The van der Waals surface area contributed by atoms with Crippen LogP contribution in [-0.2, 0) is 16.0 Å². The summed E-state index contributed by atoms with van der Waals surface area (Å²) in [4.78, 5) is 25.7. The summed E-state index contributed by atoms with van der Waals surface area (Å²) in [7, 11) is 0. The Kier molecular flexibility index (Phi) is 6.62. The van der Waals surface area contributed by atoms with Gasteiger partial charge in [-0.05, 0) is 74.1 Å². The lowest BCUT2D eigenvalue weighted by Crippen LogP contribution is -2.25. The van der Waals surface area contributed by atoms with Crippen molar-refractivity contribution in [3.05, 3.63) is 63.3 Å². The van der Waals surface area contributed by atoms with Crippen LogP contribution < -0.4 is 10.2 Å². The smallest absolute Gasteiger partial charge is 0.344 e. The molecule has 31 heavy (non-hydrogen) atoms. The van der Waals surface area contributed by atoms with Gasteiger partial charge in [-0.25, -0.2) is 4.79 Å². The molecule has 1 fully saturated rings. The zero-order valence-electron chi connectivity index (χ0n) is 17.5. The van der Waals surface area contributed by atoms with E-state index in [1.807, 2.05) is 13.0 Å². The summed E-state index contributed by atoms with van der Waals surface area (Å²) in [6, 6.07) is 12.4. The third-order valence-corrected chi connectivity index (χ3v) is 5.86. The molecule has 4 rings (SSSR count). The van der Waals surface area contributed by atoms with Crippen LogP contribution in [0.25, 0.3) is 22.3 Å². The van der Waals surface area contributed by atoms with Crippen molar-refractivity contribution in [2.45, 2.75) is 51.6 Å². The summed E-state index contributed by atoms with van der Waals surface area (Å²) >= 11 is 6.01. The molecule has 0 atom stereocenters. The Hall–Kier alpha value is -2.79. The van der Waals surface area contributed by atoms with E-state index in [2.05, 4.69) is 0 Å². The maximum Gasteiger partial charge on any atom is 0.344 e. The van der Waals surface area contributed by atoms with E-state index in [0.717, 1.165) is 37.7 Å². The van der Waals surface area contributed by atoms with Crippen LogP contribution in [0, 0.1) is 0 Å². The molecule has 0 unspecified atom stereocenters. The van der Waals surface area contributed by atoms with Gasteiger partial charge in [0, 0.05) is 10.6 Å². The van der Waals surface area contributed by atoms with Crippen molar-refractivity contribution in [1.82, 2.24) is 0 Å². The van der Waals surface area contributed by atoms with E-state index in [4.69, 9.17) is 25.5 Å². The first-order chi connectivity index (χ1) is 15.0. The fraction of sp³-hybridized carbons (Fsp3) is 0.360. The van der Waals surface area contributed by atoms with Crippen molar-refractivity contribution >= 4 is 28.5 Å². The first-order valence-electron chi connectivity index (χ1n) is 10.7. The van der Waals surface area contributed by atoms with Crippen LogP contribution in [0.2, 0.25) is 5.02 Å². The van der Waals surface area contributed by atoms with Gasteiger partial charge in [0.15, 0.2) is 12.4 Å². The van der Waals surface area contributed by atoms with Crippen molar-refractivity contribution in [3.63, 3.8) is 0 Å². The summed E-state index contributed by atoms with van der Waals surface area (Å²) in [5.41, 5.74) is 1.80. The van der Waals surface area contributed by atoms with Crippen LogP contribution in [-0.4, -0.2) is 18.7 Å². The van der Waals surface area contributed by atoms with Gasteiger partial charge < -0.3 is 13.9 Å². The standard InChI is InChI=1S/C25H25ClO5/c1-2-16-8-13-21-20(14-16)23(28)25(24(31-21)17-9-11-18(26)12-10-17)29-15-22(27)30-19-6-4-3-5-7-19/h8-14,19H,2-7,15H2,1H3. The maximum atomic E-state index is 13.3. The minimum Gasteiger partial charge on any atom is -0.474 e. The fourth-order valence-electron chi connectivity index (χ4n) is 3.90. The molecule has 162 valence electrons. The van der Waals surface area contributed by atoms with E-state index in [-0.39, 0.29) is 29.6 Å². The summed E-state index contributed by atoms with van der Waals surface area (Å²) in [5.74, 6) is -0.205. The fourth-order valence-corrected chi connectivity index (χ4v) is 4.03. The second-order valence-electron chi connectivity index (χ2n) is 7.82. The molecule has 0 amide bonds. The Labute approximate surface area is 185 Å². The van der Waals surface area contributed by atoms with Crippen LogP contribution in [0.5, 0.6) is 5.75 Å². The first-order valence-corrected chi connectivity index (χ1v) is 11.1. The molecule has 0 aliphatic heterocycles. The van der Waals surface area contributed by atoms with E-state index in [1.165, 1.54) is 6.42 Å². The predicted molar refractivity (Wildman–Crippen MR) is 121 cm³/mol. The minimum atomic E-state index is -0.476. The van der Waals surface area contributed by atoms with E-state index >= 15 is 0 Å². The number of hydrogen-bond acceptors (Lipinski definition) is 5. The summed E-state index contributed by atoms with van der Waals surface area (Å²) in [5, 5.41) is 0.991. The number of carbonyl (C=O) groups is 1. The molecular formula is C25H25ClO5. The molecule has 1 aliphatic carbocycles. The summed E-state index contributed by atoms with van der Waals surface area (Å²) in [6.07, 6.45) is 5.77. The van der Waals surface area contributed by atoms with Gasteiger partial charge in [-0.15, -0.1) is 0 Å². The van der Waals surface area contributed by atoms with Gasteiger partial charge in [-0.3, -0.25) is 4.79 Å². The molecule has 2 aromatic carbocycles. The lowest BCUT2D eigenvalue weighted by molar-refractivity contribution is -0.152. The monoisotopic (exact) mass is 440 g/mol. The van der Waals surface area contributed by atoms with Crippen molar-refractivity contribution in [2.75, 3.05) is 6.61 Å². The number of halogens is 1. The Morgan fingerprint density at radius 1 is 1.10 bits per heavy atom. The minimum absolute atomic E-state index is 0.00340. The lowest BCUT2D eigenvalue weighted by atomic mass is 9.98. The molecule has 1 heterocycles. The average Bonchev–Trinajstić information content (AvgIpc) is 2.79. The molecule has 0 saturated heterocycles. The van der Waals surface area contributed by atoms with Crippen LogP contribution in [0.15, 0.2) is 51.7 Å². The largest absolute Gasteiger partial charge is 0.474 e. The molecule has 0 N–H and O–H groups in total. The first kappa shape index (κ1) is 21.4. The van der Waals surface area contributed by atoms with Crippen LogP contribution in [0.3, 0.4) is 0 Å². The number of aryl methyl sites for hydroxylation is 1. The molecule has 0 spiro atoms. The molecule has 3 aromatic rings. The predicted octanol–water partition coefficient (Wildman–Crippen LogP) is 5.93. The highest BCUT2D eigenvalue weighted by Gasteiger charge is 2.22. The second kappa shape index (κ2) is 9.56. The van der Waals surface area contributed by atoms with Crippen LogP contribution in [0.1, 0.15) is 44.6 Å². The third-order valence-electron chi connectivity index (χ3n) is 5.61. The van der Waals surface area contributed by atoms with E-state index in [9.17, 15) is 9.59 Å². The molecule has 6 heteroatoms. The zero-order chi connectivity index (χ0) is 21.8. The van der Waals surface area contributed by atoms with Crippen molar-refractivity contribution in [3.8, 4) is 17.1 Å². The van der Waals surface area contributed by atoms with Gasteiger partial charge in [0.2, 0.25) is 11.2 Å². The van der Waals surface area contributed by atoms with Crippen molar-refractivity contribution in [1.29, 1.82) is 0 Å². The number of esters is 1. The number of hydrogen-bond donors (Lipinski definition) is 0. The molecule has 1 saturated carbocycles. The molecule has 0 radical (unpaired) electrons. The van der Waals surface area contributed by atoms with E-state index in [1.54, 1.807) is 36.4 Å². The Balaban J connectivity index is 1.67. The zero-order valence-corrected chi connectivity index (χ0v) is 18.2. The summed E-state index contributed by atoms with van der Waals surface area (Å²) < 4.78 is 17.3. The summed E-state index contributed by atoms with van der Waals surface area (Å²) in [6.45, 7) is 1.67. The molecule has 1 aromatic heterocycles. The van der Waals surface area contributed by atoms with Crippen LogP contribution >= 0.6 is 11.6 Å². The van der Waals surface area contributed by atoms with Gasteiger partial charge in [0.25, 0.3) is 0 Å². The Bertz CT molecular complexity index is 1130. The normalized spacial score (nSPS) is 14.5. The third kappa shape index (κ3) is 4.93. The number of rotatable bonds is 6. The van der Waals surface area contributed by atoms with Gasteiger partial charge in [-0.2, -0.15) is 0 Å². The van der Waals surface area contributed by atoms with E-state index in [0.29, 0.717) is 21.6 Å². The molecular weight excluding hydrogens is 416 g/mol. The van der Waals surface area contributed by atoms with E-state index < -0.39 is 5.97 Å². The van der Waals surface area contributed by atoms with Gasteiger partial charge in [0.1, 0.15) is 11.7 Å². The van der Waals surface area contributed by atoms with Gasteiger partial charge >= 0.3 is 5.97 Å². The van der Waals surface area contributed by atoms with Gasteiger partial charge in [-0.1, -0.05) is 31.0 Å². The van der Waals surface area contributed by atoms with Crippen molar-refractivity contribution in [2.24, 2.45) is 0 Å². The highest BCUT2D eigenvalue weighted by molar-refractivity contribution is 6.30. The van der Waals surface area contributed by atoms with Crippen LogP contribution in [0.4, 0.5) is 0 Å². The number of carbonyl (C=O) groups excluding carboxylic acids is 1. The second-order valence-corrected chi connectivity index (χ2v) is 8.26. The topological polar surface area (TPSA) is 65.7 Å². The SMILES string of the molecule is CCc1ccc2oc(-c3ccc(Cl)cc3)c(OCC(=O)OC3CCCCC3)c(=O)c2c1. The van der Waals surface area contributed by atoms with Gasteiger partial charge in [0.05, 0.1) is 5.39 Å². The quantitative estimate of drug-likeness (QED) is 0.444. The maximum absolute atomic E-state index is 13.3. The molecule has 5 nitrogen and oxygen atoms in total. The number of fused-ring (bicyclic) bond motifs is 1. The molecule has 1 aliphatic rings. The average molecular weight is 441 g/mol. The lowest BCUT2D eigenvalue weighted by Gasteiger charge is -2.21. The number of ether oxygens (including phenoxy) is 2. The highest BCUT2D eigenvalue weighted by Crippen LogP contribution is 2.32. The highest BCUT2D eigenvalue weighted by atomic mass is 35.5. The number of benzene rings is 2. The Morgan fingerprint density at radius 3 is 2.55 bits per heavy atom.